The number of sulfonamides is 1. The monoisotopic (exact) mass is 404 g/mol. The maximum Gasteiger partial charge on any atom is 0.338 e. The van der Waals surface area contributed by atoms with E-state index in [0.717, 1.165) is 15.4 Å². The highest BCUT2D eigenvalue weighted by atomic mass is 32.2. The quantitative estimate of drug-likeness (QED) is 0.747. The molecule has 0 unspecified atom stereocenters. The Morgan fingerprint density at radius 3 is 2.36 bits per heavy atom. The molecule has 8 heteroatoms. The zero-order chi connectivity index (χ0) is 21.1. The number of ether oxygens (including phenoxy) is 1. The van der Waals surface area contributed by atoms with Gasteiger partial charge in [-0.2, -0.15) is 0 Å². The van der Waals surface area contributed by atoms with Gasteiger partial charge in [0.25, 0.3) is 5.91 Å². The summed E-state index contributed by atoms with van der Waals surface area (Å²) in [5.74, 6) is -1.24. The third-order valence-electron chi connectivity index (χ3n) is 4.42. The van der Waals surface area contributed by atoms with Gasteiger partial charge in [0.05, 0.1) is 10.5 Å². The molecule has 7 nitrogen and oxygen atoms in total. The molecule has 0 radical (unpaired) electrons. The Morgan fingerprint density at radius 2 is 1.71 bits per heavy atom. The first kappa shape index (κ1) is 21.6. The van der Waals surface area contributed by atoms with Gasteiger partial charge in [0.2, 0.25) is 10.0 Å². The van der Waals surface area contributed by atoms with Crippen LogP contribution in [0.2, 0.25) is 0 Å². The fourth-order valence-corrected chi connectivity index (χ4v) is 3.40. The molecule has 0 heterocycles. The minimum atomic E-state index is -3.68. The lowest BCUT2D eigenvalue weighted by molar-refractivity contribution is -0.119. The lowest BCUT2D eigenvalue weighted by Crippen LogP contribution is -2.24. The van der Waals surface area contributed by atoms with Crippen LogP contribution in [0.15, 0.2) is 41.3 Å². The Kier molecular flexibility index (Phi) is 6.58. The maximum absolute atomic E-state index is 12.4. The summed E-state index contributed by atoms with van der Waals surface area (Å²) < 4.78 is 30.7. The molecule has 0 spiro atoms. The van der Waals surface area contributed by atoms with E-state index in [9.17, 15) is 18.0 Å². The molecule has 2 rings (SSSR count). The molecule has 2 aromatic carbocycles. The van der Waals surface area contributed by atoms with Gasteiger partial charge in [-0.05, 0) is 55.7 Å². The normalized spacial score (nSPS) is 11.4. The summed E-state index contributed by atoms with van der Waals surface area (Å²) in [7, 11) is -0.869. The average Bonchev–Trinajstić information content (AvgIpc) is 2.63. The van der Waals surface area contributed by atoms with Gasteiger partial charge in [0.15, 0.2) is 6.61 Å². The van der Waals surface area contributed by atoms with E-state index < -0.39 is 28.5 Å². The van der Waals surface area contributed by atoms with E-state index in [0.29, 0.717) is 11.3 Å². The second-order valence-corrected chi connectivity index (χ2v) is 8.79. The molecule has 0 saturated carbocycles. The number of aryl methyl sites for hydroxylation is 2. The summed E-state index contributed by atoms with van der Waals surface area (Å²) in [6, 6.07) is 9.74. The van der Waals surface area contributed by atoms with Crippen molar-refractivity contribution >= 4 is 27.6 Å². The maximum atomic E-state index is 12.4. The molecule has 0 fully saturated rings. The predicted molar refractivity (Wildman–Crippen MR) is 107 cm³/mol. The van der Waals surface area contributed by atoms with Gasteiger partial charge in [-0.25, -0.2) is 17.5 Å². The highest BCUT2D eigenvalue weighted by Crippen LogP contribution is 2.20. The fraction of sp³-hybridized carbons (Fsp3) is 0.300. The highest BCUT2D eigenvalue weighted by molar-refractivity contribution is 7.89. The van der Waals surface area contributed by atoms with Gasteiger partial charge in [-0.15, -0.1) is 0 Å². The summed E-state index contributed by atoms with van der Waals surface area (Å²) in [5, 5.41) is 2.70. The van der Waals surface area contributed by atoms with Crippen LogP contribution < -0.4 is 5.32 Å². The van der Waals surface area contributed by atoms with E-state index in [1.54, 1.807) is 13.0 Å². The van der Waals surface area contributed by atoms with Gasteiger partial charge in [0.1, 0.15) is 0 Å². The fourth-order valence-electron chi connectivity index (χ4n) is 2.47. The van der Waals surface area contributed by atoms with Crippen LogP contribution in [0.3, 0.4) is 0 Å². The van der Waals surface area contributed by atoms with E-state index in [1.165, 1.54) is 32.3 Å². The number of carbonyl (C=O) groups is 2. The number of carbonyl (C=O) groups excluding carboxylic acids is 2. The van der Waals surface area contributed by atoms with Crippen LogP contribution in [0.1, 0.15) is 27.0 Å². The molecule has 0 atom stereocenters. The first-order valence-corrected chi connectivity index (χ1v) is 10.0. The highest BCUT2D eigenvalue weighted by Gasteiger charge is 2.21. The molecule has 1 amide bonds. The first-order chi connectivity index (χ1) is 13.0. The number of anilines is 1. The summed E-state index contributed by atoms with van der Waals surface area (Å²) >= 11 is 0. The Labute approximate surface area is 165 Å². The molecule has 0 bridgehead atoms. The largest absolute Gasteiger partial charge is 0.452 e. The van der Waals surface area contributed by atoms with E-state index in [2.05, 4.69) is 5.32 Å². The molecule has 0 saturated heterocycles. The zero-order valence-electron chi connectivity index (χ0n) is 16.6. The Morgan fingerprint density at radius 1 is 1.04 bits per heavy atom. The van der Waals surface area contributed by atoms with Crippen LogP contribution in [0.5, 0.6) is 0 Å². The van der Waals surface area contributed by atoms with Crippen LogP contribution in [0.25, 0.3) is 0 Å². The van der Waals surface area contributed by atoms with Crippen molar-refractivity contribution in [1.82, 2.24) is 4.31 Å². The third kappa shape index (κ3) is 4.76. The number of rotatable bonds is 6. The number of nitrogens with zero attached hydrogens (tertiary/aromatic N) is 1. The van der Waals surface area contributed by atoms with Crippen molar-refractivity contribution in [3.8, 4) is 0 Å². The third-order valence-corrected chi connectivity index (χ3v) is 6.23. The van der Waals surface area contributed by atoms with Crippen molar-refractivity contribution in [2.24, 2.45) is 0 Å². The number of amides is 1. The Hall–Kier alpha value is -2.71. The summed E-state index contributed by atoms with van der Waals surface area (Å²) in [4.78, 5) is 24.5. The number of benzene rings is 2. The zero-order valence-corrected chi connectivity index (χ0v) is 17.4. The molecule has 150 valence electrons. The van der Waals surface area contributed by atoms with Gasteiger partial charge in [-0.3, -0.25) is 4.79 Å². The summed E-state index contributed by atoms with van der Waals surface area (Å²) in [6.45, 7) is 5.01. The van der Waals surface area contributed by atoms with Crippen molar-refractivity contribution in [3.05, 3.63) is 58.7 Å². The van der Waals surface area contributed by atoms with Crippen LogP contribution >= 0.6 is 0 Å². The topological polar surface area (TPSA) is 92.8 Å². The number of hydrogen-bond acceptors (Lipinski definition) is 5. The molecule has 0 aliphatic carbocycles. The molecule has 0 aromatic heterocycles. The van der Waals surface area contributed by atoms with Crippen LogP contribution in [-0.4, -0.2) is 45.3 Å². The standard InChI is InChI=1S/C20H24N2O5S/c1-13-7-6-8-18(15(13)3)21-19(23)12-27-20(24)17-11-16(10-9-14(17)2)28(25,26)22(4)5/h6-11H,12H2,1-5H3,(H,21,23). The number of esters is 1. The van der Waals surface area contributed by atoms with Crippen molar-refractivity contribution in [3.63, 3.8) is 0 Å². The van der Waals surface area contributed by atoms with Crippen molar-refractivity contribution < 1.29 is 22.7 Å². The van der Waals surface area contributed by atoms with E-state index in [-0.39, 0.29) is 10.5 Å². The summed E-state index contributed by atoms with van der Waals surface area (Å²) in [6.07, 6.45) is 0. The molecular formula is C20H24N2O5S. The Bertz CT molecular complexity index is 1010. The van der Waals surface area contributed by atoms with Crippen LogP contribution in [-0.2, 0) is 19.6 Å². The van der Waals surface area contributed by atoms with Gasteiger partial charge < -0.3 is 10.1 Å². The van der Waals surface area contributed by atoms with E-state index >= 15 is 0 Å². The lowest BCUT2D eigenvalue weighted by atomic mass is 10.1. The smallest absolute Gasteiger partial charge is 0.338 e. The second kappa shape index (κ2) is 8.53. The SMILES string of the molecule is Cc1ccc(S(=O)(=O)N(C)C)cc1C(=O)OCC(=O)Nc1cccc(C)c1C. The molecule has 0 aliphatic heterocycles. The van der Waals surface area contributed by atoms with Gasteiger partial charge in [0, 0.05) is 19.8 Å². The van der Waals surface area contributed by atoms with Gasteiger partial charge in [-0.1, -0.05) is 18.2 Å². The van der Waals surface area contributed by atoms with Gasteiger partial charge >= 0.3 is 5.97 Å². The lowest BCUT2D eigenvalue weighted by Gasteiger charge is -2.14. The summed E-state index contributed by atoms with van der Waals surface area (Å²) in [5.41, 5.74) is 3.26. The predicted octanol–water partition coefficient (Wildman–Crippen LogP) is 2.66. The number of hydrogen-bond donors (Lipinski definition) is 1. The molecule has 0 aliphatic rings. The van der Waals surface area contributed by atoms with Crippen molar-refractivity contribution in [2.45, 2.75) is 25.7 Å². The first-order valence-electron chi connectivity index (χ1n) is 8.60. The minimum Gasteiger partial charge on any atom is -0.452 e. The molecule has 1 N–H and O–H groups in total. The minimum absolute atomic E-state index is 0.0186. The molecular weight excluding hydrogens is 380 g/mol. The molecule has 2 aromatic rings. The number of nitrogens with one attached hydrogen (secondary N) is 1. The average molecular weight is 404 g/mol. The Balaban J connectivity index is 2.11. The van der Waals surface area contributed by atoms with E-state index in [1.807, 2.05) is 26.0 Å². The van der Waals surface area contributed by atoms with Crippen LogP contribution in [0, 0.1) is 20.8 Å². The van der Waals surface area contributed by atoms with Crippen LogP contribution in [0.4, 0.5) is 5.69 Å². The van der Waals surface area contributed by atoms with Crippen molar-refractivity contribution in [1.29, 1.82) is 0 Å². The molecule has 28 heavy (non-hydrogen) atoms. The second-order valence-electron chi connectivity index (χ2n) is 6.64. The van der Waals surface area contributed by atoms with Crippen molar-refractivity contribution in [2.75, 3.05) is 26.0 Å². The van der Waals surface area contributed by atoms with E-state index in [4.69, 9.17) is 4.74 Å².